The van der Waals surface area contributed by atoms with E-state index in [0.717, 1.165) is 6.07 Å². The summed E-state index contributed by atoms with van der Waals surface area (Å²) in [5.74, 6) is -1.32. The Hall–Kier alpha value is -1.41. The quantitative estimate of drug-likeness (QED) is 0.451. The maximum absolute atomic E-state index is 10.7. The smallest absolute Gasteiger partial charge is 0.339 e. The summed E-state index contributed by atoms with van der Waals surface area (Å²) in [5.41, 5.74) is -0.135. The van der Waals surface area contributed by atoms with E-state index in [9.17, 15) is 15.0 Å². The molecule has 0 aromatic carbocycles. The number of furan rings is 1. The van der Waals surface area contributed by atoms with E-state index < -0.39 is 30.9 Å². The monoisotopic (exact) mass is 246 g/mol. The van der Waals surface area contributed by atoms with Crippen molar-refractivity contribution in [2.24, 2.45) is 0 Å². The van der Waals surface area contributed by atoms with Crippen LogP contribution in [-0.4, -0.2) is 50.3 Å². The van der Waals surface area contributed by atoms with E-state index in [0.29, 0.717) is 0 Å². The van der Waals surface area contributed by atoms with E-state index in [2.05, 4.69) is 0 Å². The molecule has 96 valence electrons. The fraction of sp³-hybridized carbons (Fsp3) is 0.500. The number of carboxylic acid groups (broad SMARTS) is 1. The topological polar surface area (TPSA) is 131 Å². The molecule has 0 spiro atoms. The standard InChI is InChI=1S/C10H14O7/c1-4-5(10(15)16)2-7(17-4)9(14)8(13)6(12)3-11/h2,6,8-9,11-14H,3H2,1H3,(H,15,16)/t6-,8-,9-/m1/s1. The Morgan fingerprint density at radius 2 is 2.00 bits per heavy atom. The lowest BCUT2D eigenvalue weighted by molar-refractivity contribution is -0.0837. The Labute approximate surface area is 96.5 Å². The molecule has 7 heteroatoms. The van der Waals surface area contributed by atoms with Gasteiger partial charge in [-0.05, 0) is 13.0 Å². The summed E-state index contributed by atoms with van der Waals surface area (Å²) in [7, 11) is 0. The second-order valence-corrected chi connectivity index (χ2v) is 3.61. The Bertz CT molecular complexity index is 397. The van der Waals surface area contributed by atoms with Gasteiger partial charge in [0, 0.05) is 0 Å². The molecule has 0 saturated carbocycles. The highest BCUT2D eigenvalue weighted by atomic mass is 16.4. The lowest BCUT2D eigenvalue weighted by Gasteiger charge is -2.19. The van der Waals surface area contributed by atoms with E-state index in [-0.39, 0.29) is 17.1 Å². The molecular weight excluding hydrogens is 232 g/mol. The largest absolute Gasteiger partial charge is 0.478 e. The summed E-state index contributed by atoms with van der Waals surface area (Å²) in [5, 5.41) is 45.5. The summed E-state index contributed by atoms with van der Waals surface area (Å²) in [6, 6.07) is 1.07. The fourth-order valence-electron chi connectivity index (χ4n) is 1.35. The maximum atomic E-state index is 10.7. The number of aliphatic hydroxyl groups excluding tert-OH is 4. The predicted molar refractivity (Wildman–Crippen MR) is 54.5 cm³/mol. The van der Waals surface area contributed by atoms with Crippen molar-refractivity contribution in [3.8, 4) is 0 Å². The van der Waals surface area contributed by atoms with Crippen molar-refractivity contribution in [2.75, 3.05) is 6.61 Å². The average molecular weight is 246 g/mol. The molecule has 0 aliphatic heterocycles. The summed E-state index contributed by atoms with van der Waals surface area (Å²) >= 11 is 0. The number of carbonyl (C=O) groups is 1. The molecule has 7 nitrogen and oxygen atoms in total. The van der Waals surface area contributed by atoms with Crippen LogP contribution in [0.3, 0.4) is 0 Å². The van der Waals surface area contributed by atoms with Gasteiger partial charge >= 0.3 is 5.97 Å². The van der Waals surface area contributed by atoms with Crippen LogP contribution in [0.5, 0.6) is 0 Å². The molecule has 1 heterocycles. The number of rotatable bonds is 5. The zero-order valence-corrected chi connectivity index (χ0v) is 9.07. The first kappa shape index (κ1) is 13.7. The van der Waals surface area contributed by atoms with Gasteiger partial charge in [0.1, 0.15) is 35.4 Å². The van der Waals surface area contributed by atoms with E-state index in [1.54, 1.807) is 0 Å². The Morgan fingerprint density at radius 1 is 1.41 bits per heavy atom. The Balaban J connectivity index is 2.93. The molecule has 0 unspecified atom stereocenters. The first-order valence-electron chi connectivity index (χ1n) is 4.87. The van der Waals surface area contributed by atoms with Gasteiger partial charge in [-0.1, -0.05) is 0 Å². The molecule has 1 aromatic heterocycles. The summed E-state index contributed by atoms with van der Waals surface area (Å²) in [4.78, 5) is 10.7. The number of aliphatic hydroxyl groups is 4. The van der Waals surface area contributed by atoms with Crippen molar-refractivity contribution in [2.45, 2.75) is 25.2 Å². The zero-order valence-electron chi connectivity index (χ0n) is 9.07. The minimum atomic E-state index is -1.66. The van der Waals surface area contributed by atoms with Gasteiger partial charge in [0.15, 0.2) is 0 Å². The maximum Gasteiger partial charge on any atom is 0.339 e. The molecule has 1 rings (SSSR count). The van der Waals surface area contributed by atoms with E-state index in [4.69, 9.17) is 19.7 Å². The Morgan fingerprint density at radius 3 is 2.41 bits per heavy atom. The predicted octanol–water partition coefficient (Wildman–Crippen LogP) is -0.966. The molecule has 0 saturated heterocycles. The lowest BCUT2D eigenvalue weighted by atomic mass is 10.1. The number of hydrogen-bond donors (Lipinski definition) is 5. The third-order valence-electron chi connectivity index (χ3n) is 2.36. The highest BCUT2D eigenvalue weighted by Crippen LogP contribution is 2.24. The van der Waals surface area contributed by atoms with Crippen molar-refractivity contribution in [3.63, 3.8) is 0 Å². The van der Waals surface area contributed by atoms with Gasteiger partial charge in [-0.2, -0.15) is 0 Å². The molecular formula is C10H14O7. The summed E-state index contributed by atoms with van der Waals surface area (Å²) < 4.78 is 4.97. The zero-order chi connectivity index (χ0) is 13.2. The van der Waals surface area contributed by atoms with Crippen LogP contribution < -0.4 is 0 Å². The number of aromatic carboxylic acids is 1. The molecule has 0 aliphatic carbocycles. The van der Waals surface area contributed by atoms with Gasteiger partial charge in [0.05, 0.1) is 6.61 Å². The van der Waals surface area contributed by atoms with Crippen LogP contribution in [0.2, 0.25) is 0 Å². The van der Waals surface area contributed by atoms with E-state index >= 15 is 0 Å². The van der Waals surface area contributed by atoms with Crippen molar-refractivity contribution < 1.29 is 34.7 Å². The van der Waals surface area contributed by atoms with Crippen LogP contribution in [0.25, 0.3) is 0 Å². The van der Waals surface area contributed by atoms with Crippen LogP contribution in [0.4, 0.5) is 0 Å². The van der Waals surface area contributed by atoms with Crippen LogP contribution in [0, 0.1) is 6.92 Å². The molecule has 0 bridgehead atoms. The second-order valence-electron chi connectivity index (χ2n) is 3.61. The molecule has 0 radical (unpaired) electrons. The van der Waals surface area contributed by atoms with E-state index in [1.165, 1.54) is 6.92 Å². The molecule has 5 N–H and O–H groups in total. The lowest BCUT2D eigenvalue weighted by Crippen LogP contribution is -2.34. The summed E-state index contributed by atoms with van der Waals surface area (Å²) in [6.07, 6.45) is -4.81. The van der Waals surface area contributed by atoms with Gasteiger partial charge in [0.25, 0.3) is 0 Å². The van der Waals surface area contributed by atoms with Crippen molar-refractivity contribution in [1.82, 2.24) is 0 Å². The Kier molecular flexibility index (Phi) is 4.24. The summed E-state index contributed by atoms with van der Waals surface area (Å²) in [6.45, 7) is 0.665. The molecule has 1 aromatic rings. The average Bonchev–Trinajstić information content (AvgIpc) is 2.68. The highest BCUT2D eigenvalue weighted by molar-refractivity contribution is 5.88. The minimum Gasteiger partial charge on any atom is -0.478 e. The second kappa shape index (κ2) is 5.28. The van der Waals surface area contributed by atoms with Gasteiger partial charge in [-0.25, -0.2) is 4.79 Å². The van der Waals surface area contributed by atoms with Crippen molar-refractivity contribution in [3.05, 3.63) is 23.2 Å². The van der Waals surface area contributed by atoms with Gasteiger partial charge in [-0.3, -0.25) is 0 Å². The van der Waals surface area contributed by atoms with Gasteiger partial charge < -0.3 is 29.9 Å². The molecule has 0 aliphatic rings. The first-order valence-corrected chi connectivity index (χ1v) is 4.87. The number of hydrogen-bond acceptors (Lipinski definition) is 6. The molecule has 0 amide bonds. The minimum absolute atomic E-state index is 0.0808. The fourth-order valence-corrected chi connectivity index (χ4v) is 1.35. The highest BCUT2D eigenvalue weighted by Gasteiger charge is 2.29. The van der Waals surface area contributed by atoms with Gasteiger partial charge in [0.2, 0.25) is 0 Å². The third-order valence-corrected chi connectivity index (χ3v) is 2.36. The normalized spacial score (nSPS) is 16.5. The first-order chi connectivity index (χ1) is 7.88. The molecule has 3 atom stereocenters. The molecule has 17 heavy (non-hydrogen) atoms. The SMILES string of the molecule is Cc1oc([C@@H](O)[C@H](O)[C@H](O)CO)cc1C(=O)O. The number of aryl methyl sites for hydroxylation is 1. The number of carboxylic acids is 1. The van der Waals surface area contributed by atoms with Crippen LogP contribution in [-0.2, 0) is 0 Å². The van der Waals surface area contributed by atoms with Crippen LogP contribution in [0.1, 0.15) is 28.0 Å². The van der Waals surface area contributed by atoms with Gasteiger partial charge in [-0.15, -0.1) is 0 Å². The van der Waals surface area contributed by atoms with Crippen molar-refractivity contribution in [1.29, 1.82) is 0 Å². The molecule has 0 fully saturated rings. The van der Waals surface area contributed by atoms with E-state index in [1.807, 2.05) is 0 Å². The van der Waals surface area contributed by atoms with Crippen molar-refractivity contribution >= 4 is 5.97 Å². The third kappa shape index (κ3) is 2.83. The van der Waals surface area contributed by atoms with Crippen LogP contribution >= 0.6 is 0 Å². The van der Waals surface area contributed by atoms with Crippen LogP contribution in [0.15, 0.2) is 10.5 Å².